The molecule has 0 radical (unpaired) electrons. The highest BCUT2D eigenvalue weighted by Gasteiger charge is 2.11. The number of allylic oxidation sites excluding steroid dienone is 2. The monoisotopic (exact) mass is 232 g/mol. The van der Waals surface area contributed by atoms with Crippen molar-refractivity contribution >= 4 is 11.8 Å². The van der Waals surface area contributed by atoms with E-state index in [1.807, 2.05) is 0 Å². The smallest absolute Gasteiger partial charge is 0.166 e. The molecule has 0 amide bonds. The normalized spacial score (nSPS) is 10.2. The molecule has 0 aliphatic carbocycles. The first-order valence-corrected chi connectivity index (χ1v) is 4.74. The molecule has 0 heterocycles. The van der Waals surface area contributed by atoms with E-state index in [0.29, 0.717) is 0 Å². The zero-order valence-corrected chi connectivity index (χ0v) is 9.30. The Morgan fingerprint density at radius 2 is 2.00 bits per heavy atom. The molecule has 1 aromatic carbocycles. The van der Waals surface area contributed by atoms with Crippen LogP contribution in [0.3, 0.4) is 0 Å². The molecule has 0 aliphatic rings. The van der Waals surface area contributed by atoms with Crippen LogP contribution in [-0.2, 0) is 0 Å². The van der Waals surface area contributed by atoms with Gasteiger partial charge < -0.3 is 0 Å². The molecule has 1 aromatic rings. The van der Waals surface area contributed by atoms with Crippen LogP contribution < -0.4 is 0 Å². The molecule has 4 heteroatoms. The van der Waals surface area contributed by atoms with Crippen molar-refractivity contribution in [3.63, 3.8) is 0 Å². The predicted molar refractivity (Wildman–Crippen MR) is 63.4 cm³/mol. The third kappa shape index (κ3) is 2.85. The van der Waals surface area contributed by atoms with Crippen LogP contribution in [0.4, 0.5) is 8.78 Å². The molecule has 0 aliphatic heterocycles. The van der Waals surface area contributed by atoms with Crippen molar-refractivity contribution in [2.24, 2.45) is 4.99 Å². The summed E-state index contributed by atoms with van der Waals surface area (Å²) in [6.07, 6.45) is 1.18. The topological polar surface area (TPSA) is 36.1 Å². The molecule has 0 unspecified atom stereocenters. The van der Waals surface area contributed by atoms with Crippen LogP contribution in [0.5, 0.6) is 0 Å². The average Bonchev–Trinajstić information content (AvgIpc) is 2.32. The van der Waals surface area contributed by atoms with E-state index in [1.54, 1.807) is 6.07 Å². The Bertz CT molecular complexity index is 551. The number of aliphatic imine (C=N–C) groups is 1. The summed E-state index contributed by atoms with van der Waals surface area (Å²) in [5, 5.41) is 8.43. The number of aryl methyl sites for hydroxylation is 1. The lowest BCUT2D eigenvalue weighted by atomic mass is 10.1. The van der Waals surface area contributed by atoms with Crippen molar-refractivity contribution in [2.75, 3.05) is 0 Å². The Kier molecular flexibility index (Phi) is 3.89. The highest BCUT2D eigenvalue weighted by molar-refractivity contribution is 6.09. The maximum atomic E-state index is 13.5. The zero-order chi connectivity index (χ0) is 13.0. The van der Waals surface area contributed by atoms with Crippen molar-refractivity contribution in [2.45, 2.75) is 6.92 Å². The molecule has 0 atom stereocenters. The molecule has 0 aromatic heterocycles. The molecule has 86 valence electrons. The molecule has 0 saturated carbocycles. The van der Waals surface area contributed by atoms with Gasteiger partial charge in [0, 0.05) is 11.8 Å². The van der Waals surface area contributed by atoms with E-state index < -0.39 is 11.6 Å². The van der Waals surface area contributed by atoms with Gasteiger partial charge in [0.25, 0.3) is 0 Å². The Balaban J connectivity index is 3.07. The Morgan fingerprint density at radius 3 is 2.59 bits per heavy atom. The SMILES string of the molecule is C=C(C#N)N=CC(=C)c1ccc(C)c(F)c1F. The van der Waals surface area contributed by atoms with Crippen molar-refractivity contribution < 1.29 is 8.78 Å². The van der Waals surface area contributed by atoms with Gasteiger partial charge in [0.15, 0.2) is 11.6 Å². The molecular weight excluding hydrogens is 222 g/mol. The number of rotatable bonds is 3. The molecule has 0 N–H and O–H groups in total. The van der Waals surface area contributed by atoms with Gasteiger partial charge in [-0.15, -0.1) is 0 Å². The van der Waals surface area contributed by atoms with E-state index in [4.69, 9.17) is 5.26 Å². The van der Waals surface area contributed by atoms with Crippen LogP contribution in [0.15, 0.2) is 36.0 Å². The van der Waals surface area contributed by atoms with E-state index in [0.717, 1.165) is 0 Å². The van der Waals surface area contributed by atoms with Gasteiger partial charge in [-0.05, 0) is 18.1 Å². The summed E-state index contributed by atoms with van der Waals surface area (Å²) in [4.78, 5) is 3.64. The van der Waals surface area contributed by atoms with E-state index in [1.165, 1.54) is 25.3 Å². The Labute approximate surface area is 98.2 Å². The number of halogens is 2. The Morgan fingerprint density at radius 1 is 1.35 bits per heavy atom. The van der Waals surface area contributed by atoms with Gasteiger partial charge in [-0.3, -0.25) is 0 Å². The summed E-state index contributed by atoms with van der Waals surface area (Å²) in [5.41, 5.74) is 0.386. The van der Waals surface area contributed by atoms with Gasteiger partial charge in [0.05, 0.1) is 0 Å². The summed E-state index contributed by atoms with van der Waals surface area (Å²) in [7, 11) is 0. The second-order valence-electron chi connectivity index (χ2n) is 3.40. The summed E-state index contributed by atoms with van der Waals surface area (Å²) in [5.74, 6) is -1.87. The third-order valence-corrected chi connectivity index (χ3v) is 2.13. The number of nitriles is 1. The largest absolute Gasteiger partial charge is 0.246 e. The molecule has 2 nitrogen and oxygen atoms in total. The van der Waals surface area contributed by atoms with E-state index in [2.05, 4.69) is 18.2 Å². The molecule has 0 bridgehead atoms. The highest BCUT2D eigenvalue weighted by Crippen LogP contribution is 2.20. The van der Waals surface area contributed by atoms with E-state index >= 15 is 0 Å². The standard InChI is InChI=1S/C13H10F2N2/c1-8-4-5-11(13(15)12(8)14)9(2)7-17-10(3)6-16/h4-5,7H,2-3H2,1H3. The van der Waals surface area contributed by atoms with Crippen LogP contribution in [0.2, 0.25) is 0 Å². The number of benzene rings is 1. The fraction of sp³-hybridized carbons (Fsp3) is 0.0769. The van der Waals surface area contributed by atoms with Crippen molar-refractivity contribution in [3.8, 4) is 6.07 Å². The van der Waals surface area contributed by atoms with Gasteiger partial charge in [0.1, 0.15) is 11.8 Å². The predicted octanol–water partition coefficient (Wildman–Crippen LogP) is 3.39. The second-order valence-corrected chi connectivity index (χ2v) is 3.40. The van der Waals surface area contributed by atoms with Gasteiger partial charge in [-0.25, -0.2) is 13.8 Å². The van der Waals surface area contributed by atoms with Crippen molar-refractivity contribution in [1.82, 2.24) is 0 Å². The summed E-state index contributed by atoms with van der Waals surface area (Å²) < 4.78 is 26.8. The van der Waals surface area contributed by atoms with Gasteiger partial charge in [-0.1, -0.05) is 25.3 Å². The molecule has 1 rings (SSSR count). The summed E-state index contributed by atoms with van der Waals surface area (Å²) in [6, 6.07) is 4.57. The Hall–Kier alpha value is -2.28. The lowest BCUT2D eigenvalue weighted by Crippen LogP contribution is -1.96. The van der Waals surface area contributed by atoms with Crippen LogP contribution in [0.25, 0.3) is 5.57 Å². The minimum Gasteiger partial charge on any atom is -0.246 e. The maximum Gasteiger partial charge on any atom is 0.166 e. The van der Waals surface area contributed by atoms with Crippen LogP contribution >= 0.6 is 0 Å². The van der Waals surface area contributed by atoms with Crippen LogP contribution in [-0.4, -0.2) is 6.21 Å². The van der Waals surface area contributed by atoms with Gasteiger partial charge in [0.2, 0.25) is 0 Å². The first kappa shape index (κ1) is 12.8. The number of hydrogen-bond donors (Lipinski definition) is 0. The number of nitrogens with zero attached hydrogens (tertiary/aromatic N) is 2. The molecular formula is C13H10F2N2. The van der Waals surface area contributed by atoms with Gasteiger partial charge >= 0.3 is 0 Å². The van der Waals surface area contributed by atoms with E-state index in [-0.39, 0.29) is 22.4 Å². The van der Waals surface area contributed by atoms with Crippen molar-refractivity contribution in [3.05, 3.63) is 53.7 Å². The van der Waals surface area contributed by atoms with Crippen molar-refractivity contribution in [1.29, 1.82) is 5.26 Å². The summed E-state index contributed by atoms with van der Waals surface area (Å²) >= 11 is 0. The third-order valence-electron chi connectivity index (χ3n) is 2.13. The fourth-order valence-electron chi connectivity index (χ4n) is 1.15. The highest BCUT2D eigenvalue weighted by atomic mass is 19.2. The average molecular weight is 232 g/mol. The molecule has 0 spiro atoms. The zero-order valence-electron chi connectivity index (χ0n) is 9.30. The quantitative estimate of drug-likeness (QED) is 0.581. The minimum absolute atomic E-state index is 0.0163. The second kappa shape index (κ2) is 5.17. The number of hydrogen-bond acceptors (Lipinski definition) is 2. The first-order chi connectivity index (χ1) is 7.97. The van der Waals surface area contributed by atoms with Crippen LogP contribution in [0.1, 0.15) is 11.1 Å². The molecule has 17 heavy (non-hydrogen) atoms. The first-order valence-electron chi connectivity index (χ1n) is 4.74. The maximum absolute atomic E-state index is 13.5. The molecule has 0 saturated heterocycles. The summed E-state index contributed by atoms with van der Waals surface area (Å²) in [6.45, 7) is 8.35. The lowest BCUT2D eigenvalue weighted by molar-refractivity contribution is 0.501. The fourth-order valence-corrected chi connectivity index (χ4v) is 1.15. The lowest BCUT2D eigenvalue weighted by Gasteiger charge is -2.05. The van der Waals surface area contributed by atoms with Gasteiger partial charge in [-0.2, -0.15) is 5.26 Å². The molecule has 0 fully saturated rings. The minimum atomic E-state index is -0.969. The van der Waals surface area contributed by atoms with Crippen LogP contribution in [0, 0.1) is 29.9 Å². The van der Waals surface area contributed by atoms with E-state index in [9.17, 15) is 8.78 Å².